The Morgan fingerprint density at radius 3 is 1.93 bits per heavy atom. The van der Waals surface area contributed by atoms with Gasteiger partial charge in [-0.25, -0.2) is 0 Å². The SMILES string of the molecule is CN(C)c1ccc(-c2cc(B3OC(C)(C)C(C)(C)O3)c(C(F)(F)F)s2)cc1. The minimum atomic E-state index is -4.47. The molecule has 0 aliphatic carbocycles. The lowest BCUT2D eigenvalue weighted by molar-refractivity contribution is -0.133. The van der Waals surface area contributed by atoms with Crippen molar-refractivity contribution >= 4 is 29.6 Å². The molecule has 8 heteroatoms. The van der Waals surface area contributed by atoms with Crippen molar-refractivity contribution < 1.29 is 22.5 Å². The number of halogens is 3. The summed E-state index contributed by atoms with van der Waals surface area (Å²) in [6, 6.07) is 8.97. The third-order valence-electron chi connectivity index (χ3n) is 5.19. The lowest BCUT2D eigenvalue weighted by Crippen LogP contribution is -2.41. The van der Waals surface area contributed by atoms with E-state index in [4.69, 9.17) is 9.31 Å². The number of anilines is 1. The third-order valence-corrected chi connectivity index (χ3v) is 6.44. The smallest absolute Gasteiger partial charge is 0.399 e. The van der Waals surface area contributed by atoms with Crippen LogP contribution in [0.25, 0.3) is 10.4 Å². The van der Waals surface area contributed by atoms with Gasteiger partial charge in [0, 0.05) is 30.1 Å². The Balaban J connectivity index is 2.02. The first kappa shape index (κ1) is 20.2. The van der Waals surface area contributed by atoms with E-state index in [1.54, 1.807) is 6.07 Å². The Kier molecular flexibility index (Phi) is 4.90. The van der Waals surface area contributed by atoms with Gasteiger partial charge in [0.25, 0.3) is 0 Å². The summed E-state index contributed by atoms with van der Waals surface area (Å²) in [4.78, 5) is 1.81. The number of alkyl halides is 3. The number of rotatable bonds is 3. The number of thiophene rings is 1. The highest BCUT2D eigenvalue weighted by atomic mass is 32.1. The second kappa shape index (κ2) is 6.53. The van der Waals surface area contributed by atoms with Crippen LogP contribution in [0, 0.1) is 0 Å². The lowest BCUT2D eigenvalue weighted by Gasteiger charge is -2.32. The van der Waals surface area contributed by atoms with Crippen molar-refractivity contribution in [2.45, 2.75) is 45.1 Å². The van der Waals surface area contributed by atoms with E-state index in [9.17, 15) is 13.2 Å². The number of nitrogens with zero attached hydrogens (tertiary/aromatic N) is 1. The van der Waals surface area contributed by atoms with Crippen LogP contribution in [0.4, 0.5) is 18.9 Å². The first-order valence-electron chi connectivity index (χ1n) is 8.66. The van der Waals surface area contributed by atoms with Crippen molar-refractivity contribution in [2.75, 3.05) is 19.0 Å². The summed E-state index contributed by atoms with van der Waals surface area (Å²) in [5, 5.41) is 0. The normalized spacial score (nSPS) is 18.8. The number of benzene rings is 1. The Bertz CT molecular complexity index is 812. The molecule has 0 N–H and O–H groups in total. The molecule has 1 saturated heterocycles. The van der Waals surface area contributed by atoms with Crippen LogP contribution in [0.15, 0.2) is 30.3 Å². The average Bonchev–Trinajstić information content (AvgIpc) is 3.07. The van der Waals surface area contributed by atoms with Gasteiger partial charge in [-0.3, -0.25) is 0 Å². The van der Waals surface area contributed by atoms with Crippen LogP contribution >= 0.6 is 11.3 Å². The van der Waals surface area contributed by atoms with E-state index in [0.717, 1.165) is 22.6 Å². The zero-order chi connectivity index (χ0) is 20.2. The van der Waals surface area contributed by atoms with E-state index in [-0.39, 0.29) is 5.46 Å². The van der Waals surface area contributed by atoms with Crippen molar-refractivity contribution in [2.24, 2.45) is 0 Å². The largest absolute Gasteiger partial charge is 0.496 e. The molecule has 27 heavy (non-hydrogen) atoms. The molecule has 146 valence electrons. The van der Waals surface area contributed by atoms with Gasteiger partial charge in [-0.05, 0) is 51.5 Å². The van der Waals surface area contributed by atoms with Crippen LogP contribution < -0.4 is 10.4 Å². The predicted molar refractivity (Wildman–Crippen MR) is 105 cm³/mol. The molecule has 1 fully saturated rings. The van der Waals surface area contributed by atoms with E-state index in [1.807, 2.05) is 71.0 Å². The molecule has 0 bridgehead atoms. The maximum absolute atomic E-state index is 13.7. The first-order valence-corrected chi connectivity index (χ1v) is 9.48. The number of hydrogen-bond donors (Lipinski definition) is 0. The van der Waals surface area contributed by atoms with E-state index < -0.39 is 29.4 Å². The zero-order valence-electron chi connectivity index (χ0n) is 16.3. The maximum Gasteiger partial charge on any atom is 0.496 e. The van der Waals surface area contributed by atoms with Crippen molar-refractivity contribution in [3.63, 3.8) is 0 Å². The fourth-order valence-corrected chi connectivity index (χ4v) is 3.89. The summed E-state index contributed by atoms with van der Waals surface area (Å²) in [6.45, 7) is 7.31. The summed E-state index contributed by atoms with van der Waals surface area (Å²) < 4.78 is 52.8. The van der Waals surface area contributed by atoms with Gasteiger partial charge in [0.1, 0.15) is 4.88 Å². The van der Waals surface area contributed by atoms with Crippen LogP contribution in [-0.2, 0) is 15.5 Å². The fourth-order valence-electron chi connectivity index (χ4n) is 2.84. The molecule has 0 radical (unpaired) electrons. The van der Waals surface area contributed by atoms with Gasteiger partial charge < -0.3 is 14.2 Å². The molecular formula is C19H23BF3NO2S. The molecule has 1 aromatic carbocycles. The van der Waals surface area contributed by atoms with E-state index >= 15 is 0 Å². The Hall–Kier alpha value is -1.51. The molecule has 0 spiro atoms. The van der Waals surface area contributed by atoms with E-state index in [0.29, 0.717) is 4.88 Å². The van der Waals surface area contributed by atoms with Crippen molar-refractivity contribution in [3.8, 4) is 10.4 Å². The maximum atomic E-state index is 13.7. The molecule has 0 amide bonds. The summed E-state index contributed by atoms with van der Waals surface area (Å²) in [6.07, 6.45) is -4.47. The first-order chi connectivity index (χ1) is 12.3. The minimum absolute atomic E-state index is 0.0397. The van der Waals surface area contributed by atoms with Crippen molar-refractivity contribution in [1.29, 1.82) is 0 Å². The van der Waals surface area contributed by atoms with Gasteiger partial charge in [-0.2, -0.15) is 13.2 Å². The minimum Gasteiger partial charge on any atom is -0.399 e. The molecule has 2 heterocycles. The summed E-state index contributed by atoms with van der Waals surface area (Å²) >= 11 is 0.722. The molecule has 3 rings (SSSR count). The van der Waals surface area contributed by atoms with Crippen LogP contribution in [0.3, 0.4) is 0 Å². The summed E-state index contributed by atoms with van der Waals surface area (Å²) in [7, 11) is 2.79. The van der Waals surface area contributed by atoms with Crippen LogP contribution in [0.2, 0.25) is 0 Å². The standard InChI is InChI=1S/C19H23BF3NO2S/c1-17(2)18(3,4)26-20(25-17)14-11-15(27-16(14)19(21,22)23)12-7-9-13(10-8-12)24(5)6/h7-11H,1-6H3. The second-order valence-corrected chi connectivity index (χ2v) is 8.97. The topological polar surface area (TPSA) is 21.7 Å². The van der Waals surface area contributed by atoms with Crippen molar-refractivity contribution in [1.82, 2.24) is 0 Å². The molecule has 3 nitrogen and oxygen atoms in total. The molecule has 0 saturated carbocycles. The van der Waals surface area contributed by atoms with Crippen LogP contribution in [0.5, 0.6) is 0 Å². The monoisotopic (exact) mass is 397 g/mol. The number of hydrogen-bond acceptors (Lipinski definition) is 4. The van der Waals surface area contributed by atoms with E-state index in [1.165, 1.54) is 0 Å². The molecule has 1 aromatic heterocycles. The molecule has 1 aliphatic heterocycles. The highest BCUT2D eigenvalue weighted by Crippen LogP contribution is 2.42. The molecule has 0 unspecified atom stereocenters. The molecule has 2 aromatic rings. The quantitative estimate of drug-likeness (QED) is 0.695. The lowest BCUT2D eigenvalue weighted by atomic mass is 9.78. The molecule has 0 atom stereocenters. The van der Waals surface area contributed by atoms with Gasteiger partial charge in [0.15, 0.2) is 0 Å². The Morgan fingerprint density at radius 2 is 1.48 bits per heavy atom. The van der Waals surface area contributed by atoms with Gasteiger partial charge in [-0.1, -0.05) is 12.1 Å². The van der Waals surface area contributed by atoms with Gasteiger partial charge in [-0.15, -0.1) is 11.3 Å². The summed E-state index contributed by atoms with van der Waals surface area (Å²) in [5.74, 6) is 0. The predicted octanol–water partition coefficient (Wildman–Crippen LogP) is 4.80. The molecule has 1 aliphatic rings. The average molecular weight is 397 g/mol. The van der Waals surface area contributed by atoms with E-state index in [2.05, 4.69) is 0 Å². The fraction of sp³-hybridized carbons (Fsp3) is 0.474. The van der Waals surface area contributed by atoms with Gasteiger partial charge in [0.05, 0.1) is 11.2 Å². The molecular weight excluding hydrogens is 374 g/mol. The van der Waals surface area contributed by atoms with Gasteiger partial charge in [0.2, 0.25) is 0 Å². The van der Waals surface area contributed by atoms with Crippen molar-refractivity contribution in [3.05, 3.63) is 35.2 Å². The zero-order valence-corrected chi connectivity index (χ0v) is 17.1. The third kappa shape index (κ3) is 3.75. The Morgan fingerprint density at radius 1 is 0.963 bits per heavy atom. The summed E-state index contributed by atoms with van der Waals surface area (Å²) in [5.41, 5.74) is 0.362. The van der Waals surface area contributed by atoms with Crippen LogP contribution in [-0.4, -0.2) is 32.4 Å². The Labute approximate surface area is 162 Å². The second-order valence-electron chi connectivity index (χ2n) is 7.92. The van der Waals surface area contributed by atoms with Gasteiger partial charge >= 0.3 is 13.3 Å². The highest BCUT2D eigenvalue weighted by Gasteiger charge is 2.54. The van der Waals surface area contributed by atoms with Crippen LogP contribution in [0.1, 0.15) is 32.6 Å². The highest BCUT2D eigenvalue weighted by molar-refractivity contribution is 7.17.